The van der Waals surface area contributed by atoms with Crippen molar-refractivity contribution >= 4 is 11.3 Å². The van der Waals surface area contributed by atoms with E-state index >= 15 is 0 Å². The quantitative estimate of drug-likeness (QED) is 0.0468. The molecule has 0 N–H and O–H groups in total. The fourth-order valence-electron chi connectivity index (χ4n) is 6.39. The van der Waals surface area contributed by atoms with E-state index < -0.39 is 0 Å². The molecule has 0 amide bonds. The first-order chi connectivity index (χ1) is 26.2. The summed E-state index contributed by atoms with van der Waals surface area (Å²) in [6.07, 6.45) is 26.3. The summed E-state index contributed by atoms with van der Waals surface area (Å²) in [5, 5.41) is 17.2. The summed E-state index contributed by atoms with van der Waals surface area (Å²) in [6.45, 7) is 6.02. The number of benzene rings is 2. The number of hydrogen-bond donors (Lipinski definition) is 0. The van der Waals surface area contributed by atoms with Crippen molar-refractivity contribution in [1.29, 1.82) is 0 Å². The van der Waals surface area contributed by atoms with Gasteiger partial charge in [0, 0.05) is 11.1 Å². The largest absolute Gasteiger partial charge is 0.494 e. The molecule has 0 saturated carbocycles. The lowest BCUT2D eigenvalue weighted by Gasteiger charge is -2.06. The maximum absolute atomic E-state index is 6.04. The van der Waals surface area contributed by atoms with Crippen LogP contribution < -0.4 is 9.47 Å². The third-order valence-corrected chi connectivity index (χ3v) is 10.7. The molecule has 8 nitrogen and oxygen atoms in total. The van der Waals surface area contributed by atoms with E-state index in [4.69, 9.17) is 18.3 Å². The van der Waals surface area contributed by atoms with Crippen LogP contribution in [0.15, 0.2) is 69.5 Å². The summed E-state index contributed by atoms with van der Waals surface area (Å²) in [6, 6.07) is 19.6. The van der Waals surface area contributed by atoms with Gasteiger partial charge >= 0.3 is 0 Å². The highest BCUT2D eigenvalue weighted by molar-refractivity contribution is 7.18. The van der Waals surface area contributed by atoms with Crippen LogP contribution in [-0.2, 0) is 0 Å². The second kappa shape index (κ2) is 23.6. The van der Waals surface area contributed by atoms with E-state index in [-0.39, 0.29) is 0 Å². The van der Waals surface area contributed by atoms with Crippen LogP contribution in [0.3, 0.4) is 0 Å². The van der Waals surface area contributed by atoms with Crippen molar-refractivity contribution in [2.24, 2.45) is 0 Å². The van der Waals surface area contributed by atoms with Gasteiger partial charge in [-0.3, -0.25) is 0 Å². The van der Waals surface area contributed by atoms with Crippen LogP contribution in [0.25, 0.3) is 44.4 Å². The van der Waals surface area contributed by atoms with E-state index in [2.05, 4.69) is 34.2 Å². The maximum atomic E-state index is 6.04. The summed E-state index contributed by atoms with van der Waals surface area (Å²) in [4.78, 5) is 1.66. The number of hydrogen-bond acceptors (Lipinski definition) is 9. The molecule has 3 aromatic heterocycles. The van der Waals surface area contributed by atoms with Crippen molar-refractivity contribution in [3.8, 4) is 55.9 Å². The van der Waals surface area contributed by atoms with Crippen molar-refractivity contribution < 1.29 is 18.3 Å². The summed E-state index contributed by atoms with van der Waals surface area (Å²) in [5.41, 5.74) is 1.70. The van der Waals surface area contributed by atoms with E-state index in [1.54, 1.807) is 0 Å². The lowest BCUT2D eigenvalue weighted by molar-refractivity contribution is 0.304. The van der Waals surface area contributed by atoms with Gasteiger partial charge in [0.05, 0.1) is 23.0 Å². The third kappa shape index (κ3) is 14.1. The minimum absolute atomic E-state index is 0.450. The first-order valence-corrected chi connectivity index (χ1v) is 21.3. The predicted molar refractivity (Wildman–Crippen MR) is 216 cm³/mol. The van der Waals surface area contributed by atoms with Crippen molar-refractivity contribution in [2.45, 2.75) is 142 Å². The molecule has 2 aromatic carbocycles. The van der Waals surface area contributed by atoms with E-state index in [1.807, 2.05) is 60.7 Å². The Morgan fingerprint density at radius 3 is 1.08 bits per heavy atom. The summed E-state index contributed by atoms with van der Waals surface area (Å²) >= 11 is 1.47. The van der Waals surface area contributed by atoms with Crippen molar-refractivity contribution in [1.82, 2.24) is 20.4 Å². The zero-order valence-electron chi connectivity index (χ0n) is 32.2. The number of unbranched alkanes of at least 4 members (excludes halogenated alkanes) is 18. The van der Waals surface area contributed by atoms with Crippen molar-refractivity contribution in [3.05, 3.63) is 60.7 Å². The van der Waals surface area contributed by atoms with Gasteiger partial charge < -0.3 is 18.3 Å². The average molecular weight is 741 g/mol. The molecule has 286 valence electrons. The van der Waals surface area contributed by atoms with Gasteiger partial charge in [0.2, 0.25) is 11.8 Å². The third-order valence-electron chi connectivity index (χ3n) is 9.61. The molecule has 0 aliphatic heterocycles. The maximum Gasteiger partial charge on any atom is 0.258 e. The number of rotatable bonds is 28. The fourth-order valence-corrected chi connectivity index (χ4v) is 7.24. The fraction of sp³-hybridized carbons (Fsp3) is 0.545. The highest BCUT2D eigenvalue weighted by Crippen LogP contribution is 2.36. The van der Waals surface area contributed by atoms with Gasteiger partial charge in [-0.05, 0) is 73.5 Å². The Kier molecular flexibility index (Phi) is 17.9. The molecule has 5 rings (SSSR count). The normalized spacial score (nSPS) is 11.4. The Balaban J connectivity index is 1.00. The summed E-state index contributed by atoms with van der Waals surface area (Å²) in [5.74, 6) is 3.54. The van der Waals surface area contributed by atoms with Gasteiger partial charge in [-0.1, -0.05) is 129 Å². The molecule has 0 radical (unpaired) electrons. The van der Waals surface area contributed by atoms with Crippen molar-refractivity contribution in [3.63, 3.8) is 0 Å². The van der Waals surface area contributed by atoms with Gasteiger partial charge in [0.15, 0.2) is 0 Å². The number of aromatic nitrogens is 4. The first-order valence-electron chi connectivity index (χ1n) is 20.5. The molecule has 0 aliphatic carbocycles. The second-order valence-electron chi connectivity index (χ2n) is 14.1. The molecule has 0 atom stereocenters. The topological polar surface area (TPSA) is 96.3 Å². The Morgan fingerprint density at radius 1 is 0.396 bits per heavy atom. The molecule has 9 heteroatoms. The zero-order chi connectivity index (χ0) is 36.8. The van der Waals surface area contributed by atoms with Gasteiger partial charge in [0.1, 0.15) is 11.5 Å². The lowest BCUT2D eigenvalue weighted by atomic mass is 10.1. The van der Waals surface area contributed by atoms with Crippen LogP contribution in [0.4, 0.5) is 0 Å². The number of ether oxygens (including phenoxy) is 2. The summed E-state index contributed by atoms with van der Waals surface area (Å²) in [7, 11) is 0. The van der Waals surface area contributed by atoms with E-state index in [0.29, 0.717) is 23.6 Å². The molecule has 5 aromatic rings. The molecule has 3 heterocycles. The Morgan fingerprint density at radius 2 is 0.717 bits per heavy atom. The van der Waals surface area contributed by atoms with Gasteiger partial charge in [-0.2, -0.15) is 0 Å². The monoisotopic (exact) mass is 740 g/mol. The molecule has 0 aliphatic rings. The van der Waals surface area contributed by atoms with Crippen LogP contribution in [0.2, 0.25) is 0 Å². The van der Waals surface area contributed by atoms with Crippen LogP contribution >= 0.6 is 11.3 Å². The molecule has 53 heavy (non-hydrogen) atoms. The number of thiophene rings is 1. The molecule has 0 spiro atoms. The van der Waals surface area contributed by atoms with Gasteiger partial charge in [-0.15, -0.1) is 31.7 Å². The van der Waals surface area contributed by atoms with E-state index in [0.717, 1.165) is 58.4 Å². The molecular formula is C44H60N4O4S. The SMILES string of the molecule is CCCCCCCCCCCCOc1ccc(-c2nnc(-c3ccc(-c4nnc(-c5ccc(OCCCCCCCCCCCC)cc5)o4)s3)o2)cc1. The molecule has 0 saturated heterocycles. The lowest BCUT2D eigenvalue weighted by Crippen LogP contribution is -1.97. The van der Waals surface area contributed by atoms with Crippen LogP contribution in [-0.4, -0.2) is 33.6 Å². The number of nitrogens with zero attached hydrogens (tertiary/aromatic N) is 4. The molecule has 0 fully saturated rings. The van der Waals surface area contributed by atoms with Gasteiger partial charge in [-0.25, -0.2) is 0 Å². The van der Waals surface area contributed by atoms with E-state index in [9.17, 15) is 0 Å². The van der Waals surface area contributed by atoms with E-state index in [1.165, 1.54) is 127 Å². The summed E-state index contributed by atoms with van der Waals surface area (Å²) < 4.78 is 24.0. The Labute approximate surface area is 321 Å². The van der Waals surface area contributed by atoms with Crippen LogP contribution in [0.5, 0.6) is 11.5 Å². The predicted octanol–water partition coefficient (Wildman–Crippen LogP) is 13.8. The highest BCUT2D eigenvalue weighted by atomic mass is 32.1. The Bertz CT molecular complexity index is 1560. The van der Waals surface area contributed by atoms with Gasteiger partial charge in [0.25, 0.3) is 11.8 Å². The molecular weight excluding hydrogens is 681 g/mol. The van der Waals surface area contributed by atoms with Crippen LogP contribution in [0.1, 0.15) is 142 Å². The highest BCUT2D eigenvalue weighted by Gasteiger charge is 2.17. The molecule has 0 unspecified atom stereocenters. The van der Waals surface area contributed by atoms with Crippen LogP contribution in [0, 0.1) is 0 Å². The average Bonchev–Trinajstić information content (AvgIpc) is 3.99. The minimum atomic E-state index is 0.450. The second-order valence-corrected chi connectivity index (χ2v) is 15.2. The van der Waals surface area contributed by atoms with Crippen molar-refractivity contribution in [2.75, 3.05) is 13.2 Å². The standard InChI is InChI=1S/C44H60N4O4S/c1-3-5-7-9-11-13-15-17-19-21-33-49-37-27-23-35(24-28-37)41-45-47-43(51-41)39-31-32-40(53-39)44-48-46-42(52-44)36-25-29-38(30-26-36)50-34-22-20-18-16-14-12-10-8-6-4-2/h23-32H,3-22,33-34H2,1-2H3. The molecule has 0 bridgehead atoms. The smallest absolute Gasteiger partial charge is 0.258 e. The Hall–Kier alpha value is -3.98. The zero-order valence-corrected chi connectivity index (χ0v) is 33.0. The minimum Gasteiger partial charge on any atom is -0.494 e. The first kappa shape index (κ1) is 40.2.